The minimum absolute atomic E-state index is 0.000520. The van der Waals surface area contributed by atoms with Crippen molar-refractivity contribution in [2.24, 2.45) is 33.7 Å². The van der Waals surface area contributed by atoms with E-state index in [0.29, 0.717) is 24.2 Å². The maximum Gasteiger partial charge on any atom is 0.326 e. The number of carboxylic acids is 1. The van der Waals surface area contributed by atoms with Gasteiger partial charge in [0.2, 0.25) is 0 Å². The Morgan fingerprint density at radius 1 is 1.19 bits per heavy atom. The van der Waals surface area contributed by atoms with Crippen LogP contribution in [0.3, 0.4) is 0 Å². The Morgan fingerprint density at radius 2 is 1.94 bits per heavy atom. The van der Waals surface area contributed by atoms with E-state index < -0.39 is 29.6 Å². The molecule has 4 fully saturated rings. The standard InChI is InChI=1S/C28H38N2O6/c1-4-28(35)12-9-22-20-6-5-17-13-18(7-10-26(17,2)21(20)8-11-27(22,28)3)29-36-16-24(32)30-15-19(31)14-23(30)25(33)34/h1,13,19-23,31,35H,5-12,14-16H2,2-3H3,(H,33,34)/b29-18+/t19-,20+,21-,22-,23+,26-,27-,28+/m0/s1. The number of fused-ring (bicyclic) bond motifs is 5. The van der Waals surface area contributed by atoms with Crippen LogP contribution in [0.5, 0.6) is 0 Å². The van der Waals surface area contributed by atoms with Gasteiger partial charge in [-0.15, -0.1) is 6.42 Å². The van der Waals surface area contributed by atoms with Gasteiger partial charge in [0, 0.05) is 18.4 Å². The van der Waals surface area contributed by atoms with Gasteiger partial charge in [-0.05, 0) is 80.6 Å². The monoisotopic (exact) mass is 498 g/mol. The third kappa shape index (κ3) is 3.78. The second kappa shape index (κ2) is 8.88. The van der Waals surface area contributed by atoms with Crippen molar-refractivity contribution in [3.8, 4) is 12.3 Å². The Bertz CT molecular complexity index is 1050. The number of carbonyl (C=O) groups excluding carboxylic acids is 1. The Balaban J connectivity index is 1.25. The van der Waals surface area contributed by atoms with Gasteiger partial charge in [-0.25, -0.2) is 4.79 Å². The highest BCUT2D eigenvalue weighted by molar-refractivity contribution is 5.96. The van der Waals surface area contributed by atoms with Crippen LogP contribution in [0.1, 0.15) is 71.6 Å². The minimum Gasteiger partial charge on any atom is -0.480 e. The van der Waals surface area contributed by atoms with Gasteiger partial charge in [0.15, 0.2) is 6.61 Å². The molecule has 1 aliphatic heterocycles. The summed E-state index contributed by atoms with van der Waals surface area (Å²) in [7, 11) is 0. The quantitative estimate of drug-likeness (QED) is 0.405. The maximum absolute atomic E-state index is 12.5. The lowest BCUT2D eigenvalue weighted by Gasteiger charge is -2.58. The zero-order valence-corrected chi connectivity index (χ0v) is 21.3. The highest BCUT2D eigenvalue weighted by Crippen LogP contribution is 2.67. The van der Waals surface area contributed by atoms with E-state index in [1.54, 1.807) is 0 Å². The van der Waals surface area contributed by atoms with Crippen molar-refractivity contribution in [3.05, 3.63) is 11.6 Å². The summed E-state index contributed by atoms with van der Waals surface area (Å²) in [5, 5.41) is 34.5. The summed E-state index contributed by atoms with van der Waals surface area (Å²) >= 11 is 0. The normalized spacial score (nSPS) is 44.8. The van der Waals surface area contributed by atoms with Gasteiger partial charge >= 0.3 is 5.97 Å². The molecule has 1 amide bonds. The van der Waals surface area contributed by atoms with Crippen LogP contribution in [-0.4, -0.2) is 68.7 Å². The summed E-state index contributed by atoms with van der Waals surface area (Å²) in [5.74, 6) is 2.73. The van der Waals surface area contributed by atoms with Gasteiger partial charge in [0.05, 0.1) is 11.8 Å². The third-order valence-electron chi connectivity index (χ3n) is 10.6. The van der Waals surface area contributed by atoms with Crippen molar-refractivity contribution in [1.82, 2.24) is 4.90 Å². The Morgan fingerprint density at radius 3 is 2.67 bits per heavy atom. The molecular formula is C28H38N2O6. The Kier molecular flexibility index (Phi) is 6.24. The molecule has 8 atom stereocenters. The van der Waals surface area contributed by atoms with E-state index >= 15 is 0 Å². The van der Waals surface area contributed by atoms with Crippen molar-refractivity contribution in [1.29, 1.82) is 0 Å². The molecule has 0 spiro atoms. The van der Waals surface area contributed by atoms with Crippen molar-refractivity contribution in [3.63, 3.8) is 0 Å². The van der Waals surface area contributed by atoms with Crippen LogP contribution < -0.4 is 0 Å². The van der Waals surface area contributed by atoms with Crippen LogP contribution in [0.4, 0.5) is 0 Å². The van der Waals surface area contributed by atoms with Crippen molar-refractivity contribution in [2.75, 3.05) is 13.2 Å². The van der Waals surface area contributed by atoms with Gasteiger partial charge in [0.25, 0.3) is 5.91 Å². The molecule has 0 bridgehead atoms. The number of hydrogen-bond donors (Lipinski definition) is 3. The molecular weight excluding hydrogens is 460 g/mol. The number of nitrogens with zero attached hydrogens (tertiary/aromatic N) is 2. The number of amides is 1. The number of aliphatic hydroxyl groups is 2. The van der Waals surface area contributed by atoms with Crippen LogP contribution >= 0.6 is 0 Å². The summed E-state index contributed by atoms with van der Waals surface area (Å²) in [4.78, 5) is 30.4. The van der Waals surface area contributed by atoms with Gasteiger partial charge in [-0.1, -0.05) is 30.5 Å². The van der Waals surface area contributed by atoms with E-state index in [-0.39, 0.29) is 30.4 Å². The molecule has 0 radical (unpaired) electrons. The van der Waals surface area contributed by atoms with E-state index in [2.05, 4.69) is 31.0 Å². The fourth-order valence-corrected chi connectivity index (χ4v) is 8.47. The van der Waals surface area contributed by atoms with Crippen molar-refractivity contribution < 1.29 is 29.7 Å². The lowest BCUT2D eigenvalue weighted by molar-refractivity contribution is -0.150. The number of carboxylic acid groups (broad SMARTS) is 1. The molecule has 5 rings (SSSR count). The summed E-state index contributed by atoms with van der Waals surface area (Å²) in [5.41, 5.74) is 1.11. The first-order chi connectivity index (χ1) is 17.0. The van der Waals surface area contributed by atoms with Gasteiger partial charge < -0.3 is 25.1 Å². The van der Waals surface area contributed by atoms with E-state index in [1.807, 2.05) is 0 Å². The molecule has 36 heavy (non-hydrogen) atoms. The fourth-order valence-electron chi connectivity index (χ4n) is 8.47. The average Bonchev–Trinajstić information content (AvgIpc) is 3.37. The number of hydrogen-bond acceptors (Lipinski definition) is 6. The Labute approximate surface area is 212 Å². The van der Waals surface area contributed by atoms with E-state index in [0.717, 1.165) is 55.6 Å². The molecule has 0 aromatic heterocycles. The first-order valence-electron chi connectivity index (χ1n) is 13.3. The molecule has 4 aliphatic carbocycles. The fraction of sp³-hybridized carbons (Fsp3) is 0.750. The predicted octanol–water partition coefficient (Wildman–Crippen LogP) is 2.73. The first kappa shape index (κ1) is 25.3. The number of carbonyl (C=O) groups is 2. The molecule has 5 aliphatic rings. The van der Waals surface area contributed by atoms with Crippen LogP contribution in [0, 0.1) is 40.9 Å². The summed E-state index contributed by atoms with van der Waals surface area (Å²) in [6, 6.07) is -1.02. The van der Waals surface area contributed by atoms with Crippen LogP contribution in [0.15, 0.2) is 16.8 Å². The SMILES string of the molecule is C#C[C@@]1(O)CC[C@H]2[C@@H]3CCC4=C/C(=N/OCC(=O)N5C[C@@H](O)C[C@@H]5C(=O)O)CC[C@]4(C)[C@H]3CC[C@@]21C. The molecule has 0 aromatic rings. The highest BCUT2D eigenvalue weighted by atomic mass is 16.6. The van der Waals surface area contributed by atoms with E-state index in [1.165, 1.54) is 5.57 Å². The van der Waals surface area contributed by atoms with Gasteiger partial charge in [-0.3, -0.25) is 4.79 Å². The average molecular weight is 499 g/mol. The Hall–Kier alpha value is -2.37. The largest absolute Gasteiger partial charge is 0.480 e. The second-order valence-corrected chi connectivity index (χ2v) is 12.1. The summed E-state index contributed by atoms with van der Waals surface area (Å²) in [6.07, 6.45) is 14.7. The van der Waals surface area contributed by atoms with Crippen molar-refractivity contribution >= 4 is 17.6 Å². The van der Waals surface area contributed by atoms with Crippen LogP contribution in [0.25, 0.3) is 0 Å². The second-order valence-electron chi connectivity index (χ2n) is 12.1. The first-order valence-corrected chi connectivity index (χ1v) is 13.3. The minimum atomic E-state index is -1.12. The number of terminal acetylenes is 1. The molecule has 3 saturated carbocycles. The molecule has 1 saturated heterocycles. The lowest BCUT2D eigenvalue weighted by atomic mass is 9.46. The number of oxime groups is 1. The lowest BCUT2D eigenvalue weighted by Crippen LogP contribution is -2.54. The highest BCUT2D eigenvalue weighted by Gasteiger charge is 2.63. The molecule has 0 aromatic carbocycles. The number of β-amino-alcohol motifs (C(OH)–C–C–N with tert-alkyl or cyclic N) is 1. The topological polar surface area (TPSA) is 120 Å². The number of aliphatic hydroxyl groups excluding tert-OH is 1. The smallest absolute Gasteiger partial charge is 0.326 e. The van der Waals surface area contributed by atoms with Crippen LogP contribution in [0.2, 0.25) is 0 Å². The third-order valence-corrected chi connectivity index (χ3v) is 10.6. The predicted molar refractivity (Wildman–Crippen MR) is 133 cm³/mol. The summed E-state index contributed by atoms with van der Waals surface area (Å²) < 4.78 is 0. The van der Waals surface area contributed by atoms with E-state index in [9.17, 15) is 24.9 Å². The zero-order chi connectivity index (χ0) is 25.9. The number of rotatable bonds is 4. The molecule has 196 valence electrons. The molecule has 1 heterocycles. The maximum atomic E-state index is 12.5. The van der Waals surface area contributed by atoms with Crippen molar-refractivity contribution in [2.45, 2.75) is 89.4 Å². The van der Waals surface area contributed by atoms with E-state index in [4.69, 9.17) is 11.3 Å². The zero-order valence-electron chi connectivity index (χ0n) is 21.3. The number of allylic oxidation sites excluding steroid dienone is 2. The molecule has 3 N–H and O–H groups in total. The van der Waals surface area contributed by atoms with Gasteiger partial charge in [0.1, 0.15) is 11.6 Å². The molecule has 0 unspecified atom stereocenters. The number of likely N-dealkylation sites (tertiary alicyclic amines) is 1. The molecule has 8 heteroatoms. The number of aliphatic carboxylic acids is 1. The molecule has 8 nitrogen and oxygen atoms in total. The van der Waals surface area contributed by atoms with Crippen LogP contribution in [-0.2, 0) is 14.4 Å². The van der Waals surface area contributed by atoms with Gasteiger partial charge in [-0.2, -0.15) is 0 Å². The summed E-state index contributed by atoms with van der Waals surface area (Å²) in [6.45, 7) is 4.25.